The summed E-state index contributed by atoms with van der Waals surface area (Å²) < 4.78 is 0. The first-order valence-corrected chi connectivity index (χ1v) is 11.6. The summed E-state index contributed by atoms with van der Waals surface area (Å²) in [5.74, 6) is -7.56. The van der Waals surface area contributed by atoms with Crippen molar-refractivity contribution < 1.29 is 34.8 Å². The topological polar surface area (TPSA) is 174 Å². The highest BCUT2D eigenvalue weighted by atomic mass is 16.3. The van der Waals surface area contributed by atoms with Gasteiger partial charge >= 0.3 is 0 Å². The highest BCUT2D eigenvalue weighted by Crippen LogP contribution is 2.53. The molecule has 10 heteroatoms. The van der Waals surface area contributed by atoms with Crippen molar-refractivity contribution >= 4 is 23.2 Å². The van der Waals surface area contributed by atoms with Gasteiger partial charge in [-0.05, 0) is 67.7 Å². The molecule has 0 saturated heterocycles. The van der Waals surface area contributed by atoms with Crippen LogP contribution in [0.1, 0.15) is 17.5 Å². The Labute approximate surface area is 206 Å². The van der Waals surface area contributed by atoms with Gasteiger partial charge in [0.1, 0.15) is 17.4 Å². The van der Waals surface area contributed by atoms with Gasteiger partial charge in [0.15, 0.2) is 11.4 Å². The third-order valence-electron chi connectivity index (χ3n) is 7.96. The largest absolute Gasteiger partial charge is 0.507 e. The van der Waals surface area contributed by atoms with Crippen molar-refractivity contribution in [3.63, 3.8) is 0 Å². The van der Waals surface area contributed by atoms with E-state index >= 15 is 0 Å². The van der Waals surface area contributed by atoms with Gasteiger partial charge in [-0.15, -0.1) is 0 Å². The van der Waals surface area contributed by atoms with Crippen LogP contribution in [-0.2, 0) is 20.8 Å². The standard InChI is InChI=1S/C26H27N3O7/c1-29(2)20-15-10-12-9-14-13(11-5-7-28-8-6-11)3-4-16(30)18(14)21(31)17(12)23(33)26(15,36)24(34)19(22(20)32)25(27)35/h3-8,12,15,19-20,22,30-32,36H,9-10H2,1-2H3,(H2,27,35)/t12-,15-,19?,20-,22?,26-/m1/s1. The first-order chi connectivity index (χ1) is 17.0. The number of fused-ring (bicyclic) bond motifs is 3. The highest BCUT2D eigenvalue weighted by Gasteiger charge is 2.67. The number of rotatable bonds is 3. The van der Waals surface area contributed by atoms with Crippen LogP contribution in [0.4, 0.5) is 0 Å². The van der Waals surface area contributed by atoms with Crippen molar-refractivity contribution in [2.45, 2.75) is 30.6 Å². The molecule has 0 radical (unpaired) electrons. The molecule has 2 saturated carbocycles. The van der Waals surface area contributed by atoms with Crippen LogP contribution in [0.2, 0.25) is 0 Å². The Bertz CT molecular complexity index is 1320. The fraction of sp³-hybridized carbons (Fsp3) is 0.385. The number of aliphatic hydroxyl groups excluding tert-OH is 2. The number of likely N-dealkylation sites (N-methyl/N-ethyl adjacent to an activating group) is 1. The van der Waals surface area contributed by atoms with E-state index in [0.717, 1.165) is 11.1 Å². The zero-order valence-corrected chi connectivity index (χ0v) is 19.8. The number of amides is 1. The van der Waals surface area contributed by atoms with E-state index in [0.29, 0.717) is 5.56 Å². The summed E-state index contributed by atoms with van der Waals surface area (Å²) in [5, 5.41) is 44.5. The van der Waals surface area contributed by atoms with Crippen molar-refractivity contribution in [2.24, 2.45) is 23.5 Å². The summed E-state index contributed by atoms with van der Waals surface area (Å²) in [6.07, 6.45) is 2.03. The minimum atomic E-state index is -2.66. The number of aliphatic hydroxyl groups is 3. The molecular weight excluding hydrogens is 466 g/mol. The molecule has 1 aromatic heterocycles. The lowest BCUT2D eigenvalue weighted by molar-refractivity contribution is -0.184. The smallest absolute Gasteiger partial charge is 0.230 e. The molecule has 188 valence electrons. The molecular formula is C26H27N3O7. The molecule has 36 heavy (non-hydrogen) atoms. The quantitative estimate of drug-likeness (QED) is 0.374. The lowest BCUT2D eigenvalue weighted by atomic mass is 9.54. The number of hydrogen-bond acceptors (Lipinski definition) is 9. The number of phenols is 1. The first-order valence-electron chi connectivity index (χ1n) is 11.6. The summed E-state index contributed by atoms with van der Waals surface area (Å²) in [6, 6.07) is 5.77. The molecule has 2 aromatic rings. The average molecular weight is 494 g/mol. The third-order valence-corrected chi connectivity index (χ3v) is 7.96. The molecule has 6 N–H and O–H groups in total. The van der Waals surface area contributed by atoms with Gasteiger partial charge in [0.25, 0.3) is 0 Å². The van der Waals surface area contributed by atoms with E-state index in [2.05, 4.69) is 4.98 Å². The van der Waals surface area contributed by atoms with E-state index in [4.69, 9.17) is 5.73 Å². The lowest BCUT2D eigenvalue weighted by Crippen LogP contribution is -2.73. The first kappa shape index (κ1) is 24.1. The van der Waals surface area contributed by atoms with Gasteiger partial charge in [-0.1, -0.05) is 6.07 Å². The monoisotopic (exact) mass is 493 g/mol. The number of nitrogens with zero attached hydrogens (tertiary/aromatic N) is 2. The number of benzene rings is 1. The molecule has 3 aliphatic carbocycles. The van der Waals surface area contributed by atoms with E-state index in [1.807, 2.05) is 0 Å². The van der Waals surface area contributed by atoms with Gasteiger partial charge in [-0.25, -0.2) is 0 Å². The Morgan fingerprint density at radius 2 is 1.81 bits per heavy atom. The fourth-order valence-corrected chi connectivity index (χ4v) is 6.41. The molecule has 2 fully saturated rings. The highest BCUT2D eigenvalue weighted by molar-refractivity contribution is 6.25. The van der Waals surface area contributed by atoms with E-state index < -0.39 is 58.7 Å². The maximum Gasteiger partial charge on any atom is 0.230 e. The molecule has 0 aliphatic heterocycles. The Balaban J connectivity index is 1.71. The second-order valence-corrected chi connectivity index (χ2v) is 10.0. The number of ketones is 2. The molecule has 10 nitrogen and oxygen atoms in total. The Kier molecular flexibility index (Phi) is 5.51. The summed E-state index contributed by atoms with van der Waals surface area (Å²) in [5.41, 5.74) is 4.77. The Hall–Kier alpha value is -3.60. The Morgan fingerprint density at radius 1 is 1.14 bits per heavy atom. The summed E-state index contributed by atoms with van der Waals surface area (Å²) in [7, 11) is 3.23. The summed E-state index contributed by atoms with van der Waals surface area (Å²) in [4.78, 5) is 44.8. The number of primary amides is 1. The van der Waals surface area contributed by atoms with Gasteiger partial charge in [-0.3, -0.25) is 19.4 Å². The number of phenolic OH excluding ortho intramolecular Hbond substituents is 1. The van der Waals surface area contributed by atoms with E-state index in [-0.39, 0.29) is 29.7 Å². The SMILES string of the molecule is CN(C)[C@H]1C(O)C(C(N)=O)C(=O)[C@]2(O)C(=O)C3=C(O)c4c(O)ccc(-c5ccncc5)c4C[C@@H]3C[C@H]12. The van der Waals surface area contributed by atoms with E-state index in [1.54, 1.807) is 49.6 Å². The number of carbonyl (C=O) groups is 3. The lowest BCUT2D eigenvalue weighted by Gasteiger charge is -2.53. The molecule has 0 bridgehead atoms. The van der Waals surface area contributed by atoms with Crippen LogP contribution in [-0.4, -0.2) is 79.6 Å². The second kappa shape index (κ2) is 8.22. The number of aromatic nitrogens is 1. The predicted molar refractivity (Wildman–Crippen MR) is 127 cm³/mol. The minimum absolute atomic E-state index is 0.0601. The number of pyridine rings is 1. The van der Waals surface area contributed by atoms with Crippen molar-refractivity contribution in [3.05, 3.63) is 53.4 Å². The van der Waals surface area contributed by atoms with E-state index in [1.165, 1.54) is 6.07 Å². The third kappa shape index (κ3) is 3.15. The molecule has 3 aliphatic rings. The van der Waals surface area contributed by atoms with Crippen LogP contribution in [0.5, 0.6) is 5.75 Å². The molecule has 5 rings (SSSR count). The maximum atomic E-state index is 13.8. The molecule has 6 atom stereocenters. The molecule has 1 aromatic carbocycles. The van der Waals surface area contributed by atoms with Gasteiger partial charge in [0, 0.05) is 29.9 Å². The molecule has 1 heterocycles. The molecule has 2 unspecified atom stereocenters. The second-order valence-electron chi connectivity index (χ2n) is 10.0. The zero-order chi connectivity index (χ0) is 26.1. The van der Waals surface area contributed by atoms with Crippen LogP contribution in [0.3, 0.4) is 0 Å². The van der Waals surface area contributed by atoms with E-state index in [9.17, 15) is 34.8 Å². The van der Waals surface area contributed by atoms with Gasteiger partial charge in [0.2, 0.25) is 11.7 Å². The minimum Gasteiger partial charge on any atom is -0.507 e. The van der Waals surface area contributed by atoms with Crippen molar-refractivity contribution in [1.82, 2.24) is 9.88 Å². The van der Waals surface area contributed by atoms with Crippen LogP contribution < -0.4 is 5.73 Å². The van der Waals surface area contributed by atoms with Crippen molar-refractivity contribution in [2.75, 3.05) is 14.1 Å². The van der Waals surface area contributed by atoms with Crippen LogP contribution in [0, 0.1) is 17.8 Å². The van der Waals surface area contributed by atoms with Crippen molar-refractivity contribution in [1.29, 1.82) is 0 Å². The van der Waals surface area contributed by atoms with Gasteiger partial charge in [0.05, 0.1) is 11.7 Å². The van der Waals surface area contributed by atoms with Crippen LogP contribution >= 0.6 is 0 Å². The normalized spacial score (nSPS) is 31.6. The zero-order valence-electron chi connectivity index (χ0n) is 19.8. The fourth-order valence-electron chi connectivity index (χ4n) is 6.41. The number of aromatic hydroxyl groups is 1. The van der Waals surface area contributed by atoms with Crippen LogP contribution in [0.15, 0.2) is 42.2 Å². The predicted octanol–water partition coefficient (Wildman–Crippen LogP) is 0.191. The maximum absolute atomic E-state index is 13.8. The molecule has 1 amide bonds. The van der Waals surface area contributed by atoms with Crippen LogP contribution in [0.25, 0.3) is 16.9 Å². The Morgan fingerprint density at radius 3 is 2.42 bits per heavy atom. The molecule has 0 spiro atoms. The number of carbonyl (C=O) groups excluding carboxylic acids is 3. The van der Waals surface area contributed by atoms with Gasteiger partial charge in [-0.2, -0.15) is 0 Å². The summed E-state index contributed by atoms with van der Waals surface area (Å²) in [6.45, 7) is 0. The number of hydrogen-bond donors (Lipinski definition) is 5. The van der Waals surface area contributed by atoms with Crippen molar-refractivity contribution in [3.8, 4) is 16.9 Å². The number of nitrogens with two attached hydrogens (primary N) is 1. The van der Waals surface area contributed by atoms with Gasteiger partial charge < -0.3 is 31.1 Å². The number of Topliss-reactive ketones (excluding diaryl/α,β-unsaturated/α-hetero) is 2. The summed E-state index contributed by atoms with van der Waals surface area (Å²) >= 11 is 0. The average Bonchev–Trinajstić information content (AvgIpc) is 2.81.